The lowest BCUT2D eigenvalue weighted by Gasteiger charge is -2.22. The lowest BCUT2D eigenvalue weighted by molar-refractivity contribution is 0.0695. The van der Waals surface area contributed by atoms with Crippen molar-refractivity contribution < 1.29 is 18.8 Å². The van der Waals surface area contributed by atoms with E-state index in [2.05, 4.69) is 5.16 Å². The van der Waals surface area contributed by atoms with Gasteiger partial charge in [0.05, 0.1) is 21.6 Å². The SMILES string of the molecule is O=C(O)c1cn(-c2ccon2)c2c(Cl)c(N3CCCC3)c(F)cc2c1=O. The Hall–Kier alpha value is -2.87. The van der Waals surface area contributed by atoms with Crippen LogP contribution in [-0.4, -0.2) is 33.9 Å². The van der Waals surface area contributed by atoms with Gasteiger partial charge in [0.1, 0.15) is 17.6 Å². The Morgan fingerprint density at radius 1 is 1.35 bits per heavy atom. The molecule has 0 bridgehead atoms. The van der Waals surface area contributed by atoms with Gasteiger partial charge in [0.15, 0.2) is 5.82 Å². The molecule has 4 rings (SSSR count). The van der Waals surface area contributed by atoms with Crippen LogP contribution in [0.2, 0.25) is 5.02 Å². The molecular formula is C17H13ClFN3O4. The molecule has 0 atom stereocenters. The van der Waals surface area contributed by atoms with Crippen molar-refractivity contribution in [1.82, 2.24) is 9.72 Å². The summed E-state index contributed by atoms with van der Waals surface area (Å²) < 4.78 is 20.9. The van der Waals surface area contributed by atoms with E-state index in [4.69, 9.17) is 16.1 Å². The fourth-order valence-electron chi connectivity index (χ4n) is 3.30. The summed E-state index contributed by atoms with van der Waals surface area (Å²) in [6, 6.07) is 2.53. The van der Waals surface area contributed by atoms with Crippen molar-refractivity contribution in [2.24, 2.45) is 0 Å². The van der Waals surface area contributed by atoms with Crippen molar-refractivity contribution in [2.75, 3.05) is 18.0 Å². The lowest BCUT2D eigenvalue weighted by atomic mass is 10.1. The molecule has 26 heavy (non-hydrogen) atoms. The third kappa shape index (κ3) is 2.45. The van der Waals surface area contributed by atoms with Gasteiger partial charge in [-0.05, 0) is 18.9 Å². The number of aromatic nitrogens is 2. The molecule has 134 valence electrons. The van der Waals surface area contributed by atoms with Crippen LogP contribution in [-0.2, 0) is 0 Å². The van der Waals surface area contributed by atoms with Crippen LogP contribution < -0.4 is 10.3 Å². The molecule has 3 aromatic rings. The molecular weight excluding hydrogens is 365 g/mol. The average Bonchev–Trinajstić information content (AvgIpc) is 3.29. The van der Waals surface area contributed by atoms with Crippen molar-refractivity contribution in [3.8, 4) is 5.82 Å². The van der Waals surface area contributed by atoms with Gasteiger partial charge >= 0.3 is 5.97 Å². The average molecular weight is 378 g/mol. The van der Waals surface area contributed by atoms with Gasteiger partial charge in [0, 0.05) is 25.4 Å². The predicted molar refractivity (Wildman–Crippen MR) is 93.0 cm³/mol. The first-order valence-corrected chi connectivity index (χ1v) is 8.33. The van der Waals surface area contributed by atoms with Crippen molar-refractivity contribution in [3.63, 3.8) is 0 Å². The lowest BCUT2D eigenvalue weighted by Crippen LogP contribution is -2.22. The van der Waals surface area contributed by atoms with Gasteiger partial charge in [-0.15, -0.1) is 0 Å². The van der Waals surface area contributed by atoms with Crippen LogP contribution in [0.15, 0.2) is 33.9 Å². The summed E-state index contributed by atoms with van der Waals surface area (Å²) in [5.41, 5.74) is -0.916. The number of benzene rings is 1. The molecule has 1 aliphatic rings. The van der Waals surface area contributed by atoms with Gasteiger partial charge in [-0.2, -0.15) is 0 Å². The molecule has 1 aliphatic heterocycles. The van der Waals surface area contributed by atoms with Crippen molar-refractivity contribution in [2.45, 2.75) is 12.8 Å². The largest absolute Gasteiger partial charge is 0.477 e. The first-order chi connectivity index (χ1) is 12.5. The minimum absolute atomic E-state index is 0.0407. The Kier molecular flexibility index (Phi) is 3.91. The molecule has 3 heterocycles. The summed E-state index contributed by atoms with van der Waals surface area (Å²) in [4.78, 5) is 25.8. The van der Waals surface area contributed by atoms with Crippen LogP contribution in [0.3, 0.4) is 0 Å². The molecule has 7 nitrogen and oxygen atoms in total. The van der Waals surface area contributed by atoms with E-state index in [-0.39, 0.29) is 27.4 Å². The Morgan fingerprint density at radius 3 is 2.69 bits per heavy atom. The number of anilines is 1. The topological polar surface area (TPSA) is 88.6 Å². The molecule has 1 saturated heterocycles. The molecule has 0 aliphatic carbocycles. The van der Waals surface area contributed by atoms with Crippen LogP contribution in [0.5, 0.6) is 0 Å². The highest BCUT2D eigenvalue weighted by molar-refractivity contribution is 6.38. The summed E-state index contributed by atoms with van der Waals surface area (Å²) in [5, 5.41) is 13.0. The first-order valence-electron chi connectivity index (χ1n) is 7.95. The van der Waals surface area contributed by atoms with Gasteiger partial charge in [0.2, 0.25) is 5.43 Å². The quantitative estimate of drug-likeness (QED) is 0.754. The molecule has 0 unspecified atom stereocenters. The molecule has 1 aromatic carbocycles. The minimum Gasteiger partial charge on any atom is -0.477 e. The Balaban J connectivity index is 2.13. The van der Waals surface area contributed by atoms with Crippen molar-refractivity contribution >= 4 is 34.2 Å². The van der Waals surface area contributed by atoms with E-state index in [0.717, 1.165) is 25.1 Å². The van der Waals surface area contributed by atoms with Gasteiger partial charge in [-0.25, -0.2) is 9.18 Å². The van der Waals surface area contributed by atoms with E-state index >= 15 is 0 Å². The summed E-state index contributed by atoms with van der Waals surface area (Å²) in [6.45, 7) is 1.31. The monoisotopic (exact) mass is 377 g/mol. The van der Waals surface area contributed by atoms with E-state index < -0.39 is 22.8 Å². The van der Waals surface area contributed by atoms with Crippen LogP contribution >= 0.6 is 11.6 Å². The number of halogens is 2. The summed E-state index contributed by atoms with van der Waals surface area (Å²) in [7, 11) is 0. The number of hydrogen-bond donors (Lipinski definition) is 1. The zero-order chi connectivity index (χ0) is 18.4. The third-order valence-corrected chi connectivity index (χ3v) is 4.84. The van der Waals surface area contributed by atoms with E-state index in [0.29, 0.717) is 13.1 Å². The van der Waals surface area contributed by atoms with Gasteiger partial charge in [-0.1, -0.05) is 16.8 Å². The smallest absolute Gasteiger partial charge is 0.341 e. The number of aromatic carboxylic acids is 1. The van der Waals surface area contributed by atoms with Gasteiger partial charge in [0.25, 0.3) is 0 Å². The number of hydrogen-bond acceptors (Lipinski definition) is 5. The minimum atomic E-state index is -1.42. The van der Waals surface area contributed by atoms with E-state index in [1.165, 1.54) is 16.9 Å². The highest BCUT2D eigenvalue weighted by atomic mass is 35.5. The first kappa shape index (κ1) is 16.6. The normalized spacial score (nSPS) is 14.3. The summed E-state index contributed by atoms with van der Waals surface area (Å²) >= 11 is 6.51. The molecule has 1 fully saturated rings. The fourth-order valence-corrected chi connectivity index (χ4v) is 3.70. The Labute approximate surface area is 151 Å². The zero-order valence-electron chi connectivity index (χ0n) is 13.4. The number of carboxylic acids is 1. The maximum atomic E-state index is 14.8. The number of rotatable bonds is 3. The van der Waals surface area contributed by atoms with E-state index in [9.17, 15) is 19.1 Å². The molecule has 0 radical (unpaired) electrons. The number of nitrogens with zero attached hydrogens (tertiary/aromatic N) is 3. The highest BCUT2D eigenvalue weighted by Crippen LogP contribution is 2.37. The molecule has 9 heteroatoms. The molecule has 2 aromatic heterocycles. The van der Waals surface area contributed by atoms with E-state index in [1.54, 1.807) is 0 Å². The van der Waals surface area contributed by atoms with Crippen LogP contribution in [0.25, 0.3) is 16.7 Å². The number of carbonyl (C=O) groups is 1. The second-order valence-corrected chi connectivity index (χ2v) is 6.39. The number of carboxylic acid groups (broad SMARTS) is 1. The number of pyridine rings is 1. The van der Waals surface area contributed by atoms with E-state index in [1.807, 2.05) is 4.90 Å². The van der Waals surface area contributed by atoms with Gasteiger partial charge < -0.3 is 14.5 Å². The second-order valence-electron chi connectivity index (χ2n) is 6.02. The fraction of sp³-hybridized carbons (Fsp3) is 0.235. The molecule has 0 amide bonds. The maximum Gasteiger partial charge on any atom is 0.341 e. The molecule has 1 N–H and O–H groups in total. The maximum absolute atomic E-state index is 14.8. The van der Waals surface area contributed by atoms with Crippen LogP contribution in [0.1, 0.15) is 23.2 Å². The number of fused-ring (bicyclic) bond motifs is 1. The molecule has 0 spiro atoms. The van der Waals surface area contributed by atoms with Gasteiger partial charge in [-0.3, -0.25) is 9.36 Å². The predicted octanol–water partition coefficient (Wildman–Crippen LogP) is 3.07. The highest BCUT2D eigenvalue weighted by Gasteiger charge is 2.26. The standard InChI is InChI=1S/C17H13ClFN3O4/c18-13-14-9(7-11(19)15(13)21-4-1-2-5-21)16(23)10(17(24)25)8-22(14)12-3-6-26-20-12/h3,6-8H,1-2,4-5H2,(H,24,25). The van der Waals surface area contributed by atoms with Crippen molar-refractivity contribution in [1.29, 1.82) is 0 Å². The van der Waals surface area contributed by atoms with Crippen molar-refractivity contribution in [3.05, 3.63) is 51.2 Å². The van der Waals surface area contributed by atoms with Crippen LogP contribution in [0, 0.1) is 5.82 Å². The third-order valence-electron chi connectivity index (χ3n) is 4.48. The summed E-state index contributed by atoms with van der Waals surface area (Å²) in [6.07, 6.45) is 4.27. The zero-order valence-corrected chi connectivity index (χ0v) is 14.2. The second kappa shape index (κ2) is 6.14. The molecule has 0 saturated carbocycles. The summed E-state index contributed by atoms with van der Waals surface area (Å²) in [5.74, 6) is -1.84. The Bertz CT molecular complexity index is 1070. The van der Waals surface area contributed by atoms with Crippen LogP contribution in [0.4, 0.5) is 10.1 Å². The Morgan fingerprint density at radius 2 is 2.08 bits per heavy atom.